The molecule has 0 aliphatic carbocycles. The van der Waals surface area contributed by atoms with Crippen LogP contribution in [0, 0.1) is 21.6 Å². The number of rotatable bonds is 4. The second-order valence-electron chi connectivity index (χ2n) is 7.67. The Balaban J connectivity index is -0.00000180. The van der Waals surface area contributed by atoms with E-state index < -0.39 is 11.1 Å². The van der Waals surface area contributed by atoms with Gasteiger partial charge in [-0.05, 0) is 24.7 Å². The molecule has 0 spiro atoms. The Kier molecular flexibility index (Phi) is 8.99. The van der Waals surface area contributed by atoms with Crippen LogP contribution in [0.4, 0.5) is 0 Å². The third-order valence-electron chi connectivity index (χ3n) is 4.42. The summed E-state index contributed by atoms with van der Waals surface area (Å²) in [4.78, 5) is 0. The van der Waals surface area contributed by atoms with Crippen LogP contribution in [0.15, 0.2) is 10.2 Å². The molecular formula is C14H32Cl2N6. The molecular weight excluding hydrogens is 323 g/mol. The van der Waals surface area contributed by atoms with Gasteiger partial charge in [-0.2, -0.15) is 10.2 Å². The lowest BCUT2D eigenvalue weighted by molar-refractivity contribution is 0.233. The number of nitrogens with one attached hydrogen (secondary N) is 2. The third kappa shape index (κ3) is 4.81. The van der Waals surface area contributed by atoms with Crippen LogP contribution in [-0.2, 0) is 0 Å². The number of hydrogen-bond donors (Lipinski definition) is 4. The van der Waals surface area contributed by atoms with Gasteiger partial charge in [0.1, 0.15) is 22.7 Å². The van der Waals surface area contributed by atoms with E-state index in [9.17, 15) is 0 Å². The molecule has 0 fully saturated rings. The first-order valence-electron chi connectivity index (χ1n) is 6.72. The van der Waals surface area contributed by atoms with Crippen molar-refractivity contribution >= 4 is 36.5 Å². The molecule has 132 valence electrons. The molecule has 0 bridgehead atoms. The number of nitrogens with two attached hydrogens (primary N) is 2. The first-order valence-corrected chi connectivity index (χ1v) is 6.72. The highest BCUT2D eigenvalue weighted by molar-refractivity contribution is 5.89. The van der Waals surface area contributed by atoms with E-state index >= 15 is 0 Å². The predicted octanol–water partition coefficient (Wildman–Crippen LogP) is 3.76. The van der Waals surface area contributed by atoms with Crippen molar-refractivity contribution in [2.75, 3.05) is 0 Å². The monoisotopic (exact) mass is 354 g/mol. The van der Waals surface area contributed by atoms with E-state index in [1.807, 2.05) is 41.5 Å². The first kappa shape index (κ1) is 26.0. The van der Waals surface area contributed by atoms with Gasteiger partial charge in [0.2, 0.25) is 0 Å². The first-order chi connectivity index (χ1) is 8.59. The van der Waals surface area contributed by atoms with Crippen molar-refractivity contribution in [1.29, 1.82) is 10.8 Å². The summed E-state index contributed by atoms with van der Waals surface area (Å²) in [6.45, 7) is 15.3. The number of hydrogen-bond acceptors (Lipinski definition) is 4. The fraction of sp³-hybridized carbons (Fsp3) is 0.857. The molecule has 0 saturated carbocycles. The normalized spacial score (nSPS) is 17.6. The Morgan fingerprint density at radius 1 is 0.636 bits per heavy atom. The lowest BCUT2D eigenvalue weighted by atomic mass is 9.73. The summed E-state index contributed by atoms with van der Waals surface area (Å²) in [5.74, 6) is -0.0953. The van der Waals surface area contributed by atoms with Crippen molar-refractivity contribution in [2.24, 2.45) is 32.5 Å². The average Bonchev–Trinajstić information content (AvgIpc) is 2.21. The molecule has 0 aromatic heterocycles. The van der Waals surface area contributed by atoms with E-state index in [1.165, 1.54) is 0 Å². The maximum absolute atomic E-state index is 7.81. The highest BCUT2D eigenvalue weighted by Crippen LogP contribution is 2.38. The van der Waals surface area contributed by atoms with Gasteiger partial charge in [-0.1, -0.05) is 41.5 Å². The van der Waals surface area contributed by atoms with Gasteiger partial charge in [0.05, 0.1) is 0 Å². The van der Waals surface area contributed by atoms with Gasteiger partial charge in [0, 0.05) is 0 Å². The maximum atomic E-state index is 7.81. The average molecular weight is 355 g/mol. The van der Waals surface area contributed by atoms with E-state index in [4.69, 9.17) is 22.3 Å². The standard InChI is InChI=1S/C14H30N6.2ClH/c1-11(2,3)13(7,9(15)16)19-20-14(8,10(17)18)12(4,5)6;;/h1-8H3,(H3,15,16)(H3,17,18);2*1H/b20-19+;;. The van der Waals surface area contributed by atoms with Crippen LogP contribution in [0.5, 0.6) is 0 Å². The van der Waals surface area contributed by atoms with Gasteiger partial charge in [0.15, 0.2) is 0 Å². The summed E-state index contributed by atoms with van der Waals surface area (Å²) >= 11 is 0. The maximum Gasteiger partial charge on any atom is 0.140 e. The zero-order valence-corrected chi connectivity index (χ0v) is 16.5. The van der Waals surface area contributed by atoms with E-state index in [0.717, 1.165) is 0 Å². The molecule has 0 aromatic carbocycles. The molecule has 2 atom stereocenters. The zero-order valence-electron chi connectivity index (χ0n) is 14.9. The molecule has 8 heteroatoms. The van der Waals surface area contributed by atoms with Crippen molar-refractivity contribution in [3.63, 3.8) is 0 Å². The van der Waals surface area contributed by atoms with Gasteiger partial charge in [-0.25, -0.2) is 0 Å². The molecule has 6 N–H and O–H groups in total. The molecule has 6 nitrogen and oxygen atoms in total. The molecule has 2 unspecified atom stereocenters. The van der Waals surface area contributed by atoms with Crippen molar-refractivity contribution in [1.82, 2.24) is 0 Å². The van der Waals surface area contributed by atoms with E-state index in [0.29, 0.717) is 0 Å². The van der Waals surface area contributed by atoms with Crippen molar-refractivity contribution in [3.8, 4) is 0 Å². The molecule has 0 aliphatic heterocycles. The smallest absolute Gasteiger partial charge is 0.140 e. The van der Waals surface area contributed by atoms with Crippen LogP contribution in [0.25, 0.3) is 0 Å². The molecule has 0 heterocycles. The molecule has 0 aromatic rings. The molecule has 22 heavy (non-hydrogen) atoms. The predicted molar refractivity (Wildman–Crippen MR) is 98.9 cm³/mol. The van der Waals surface area contributed by atoms with Gasteiger partial charge in [-0.3, -0.25) is 10.8 Å². The van der Waals surface area contributed by atoms with Gasteiger partial charge < -0.3 is 11.5 Å². The fourth-order valence-electron chi connectivity index (χ4n) is 1.42. The minimum atomic E-state index is -0.936. The van der Waals surface area contributed by atoms with Gasteiger partial charge in [-0.15, -0.1) is 24.8 Å². The summed E-state index contributed by atoms with van der Waals surface area (Å²) in [6.07, 6.45) is 0. The van der Waals surface area contributed by atoms with Crippen LogP contribution in [0.3, 0.4) is 0 Å². The topological polar surface area (TPSA) is 124 Å². The largest absolute Gasteiger partial charge is 0.386 e. The molecule has 0 saturated heterocycles. The van der Waals surface area contributed by atoms with Crippen LogP contribution in [0.2, 0.25) is 0 Å². The summed E-state index contributed by atoms with van der Waals surface area (Å²) in [6, 6.07) is 0. The van der Waals surface area contributed by atoms with E-state index in [-0.39, 0.29) is 47.3 Å². The summed E-state index contributed by atoms with van der Waals surface area (Å²) < 4.78 is 0. The Hall–Kier alpha value is -0.880. The number of amidine groups is 2. The van der Waals surface area contributed by atoms with Crippen LogP contribution < -0.4 is 11.5 Å². The Morgan fingerprint density at radius 3 is 0.909 bits per heavy atom. The minimum absolute atomic E-state index is 0. The van der Waals surface area contributed by atoms with E-state index in [1.54, 1.807) is 13.8 Å². The van der Waals surface area contributed by atoms with Crippen LogP contribution in [-0.4, -0.2) is 22.7 Å². The Labute approximate surface area is 146 Å². The van der Waals surface area contributed by atoms with E-state index in [2.05, 4.69) is 10.2 Å². The lowest BCUT2D eigenvalue weighted by Gasteiger charge is -2.40. The quantitative estimate of drug-likeness (QED) is 0.348. The highest BCUT2D eigenvalue weighted by Gasteiger charge is 2.45. The van der Waals surface area contributed by atoms with Gasteiger partial charge >= 0.3 is 0 Å². The van der Waals surface area contributed by atoms with Crippen molar-refractivity contribution < 1.29 is 0 Å². The van der Waals surface area contributed by atoms with Crippen LogP contribution >= 0.6 is 24.8 Å². The highest BCUT2D eigenvalue weighted by atomic mass is 35.5. The summed E-state index contributed by atoms with van der Waals surface area (Å²) in [7, 11) is 0. The second-order valence-corrected chi connectivity index (χ2v) is 7.67. The lowest BCUT2D eigenvalue weighted by Crippen LogP contribution is -2.52. The Bertz CT molecular complexity index is 396. The Morgan fingerprint density at radius 2 is 0.818 bits per heavy atom. The molecule has 0 radical (unpaired) electrons. The number of nitrogens with zero attached hydrogens (tertiary/aromatic N) is 2. The molecule has 0 rings (SSSR count). The van der Waals surface area contributed by atoms with Crippen molar-refractivity contribution in [3.05, 3.63) is 0 Å². The third-order valence-corrected chi connectivity index (χ3v) is 4.42. The summed E-state index contributed by atoms with van der Waals surface area (Å²) in [5, 5.41) is 24.3. The van der Waals surface area contributed by atoms with Crippen molar-refractivity contribution in [2.45, 2.75) is 66.5 Å². The zero-order chi connectivity index (χ0) is 16.6. The van der Waals surface area contributed by atoms with Crippen LogP contribution in [0.1, 0.15) is 55.4 Å². The minimum Gasteiger partial charge on any atom is -0.386 e. The second kappa shape index (κ2) is 7.59. The number of halogens is 2. The fourth-order valence-corrected chi connectivity index (χ4v) is 1.42. The molecule has 0 aliphatic rings. The SMILES string of the molecule is CC(C)(C)C(C)(/N=N/C(C)(C(=N)N)C(C)(C)C)C(=N)N.Cl.Cl. The number of azo groups is 1. The van der Waals surface area contributed by atoms with Gasteiger partial charge in [0.25, 0.3) is 0 Å². The molecule has 0 amide bonds. The summed E-state index contributed by atoms with van der Waals surface area (Å²) in [5.41, 5.74) is 8.83.